The number of guanidine groups is 1. The van der Waals surface area contributed by atoms with E-state index in [-0.39, 0.29) is 34.6 Å². The van der Waals surface area contributed by atoms with E-state index in [2.05, 4.69) is 20.3 Å². The molecule has 2 aromatic carbocycles. The van der Waals surface area contributed by atoms with Gasteiger partial charge in [0.2, 0.25) is 5.96 Å². The number of aromatic hydroxyl groups is 1. The molecule has 136 valence electrons. The van der Waals surface area contributed by atoms with E-state index in [9.17, 15) is 14.3 Å². The lowest BCUT2D eigenvalue weighted by molar-refractivity contribution is 0.103. The lowest BCUT2D eigenvalue weighted by atomic mass is 10.1. The first-order valence-electron chi connectivity index (χ1n) is 7.64. The fourth-order valence-electron chi connectivity index (χ4n) is 2.16. The number of carbonyl (C=O) groups excluding carboxylic acids is 1. The minimum atomic E-state index is -0.483. The van der Waals surface area contributed by atoms with Crippen molar-refractivity contribution in [2.75, 3.05) is 5.32 Å². The van der Waals surface area contributed by atoms with Crippen LogP contribution < -0.4 is 11.1 Å². The first kappa shape index (κ1) is 18.3. The lowest BCUT2D eigenvalue weighted by Crippen LogP contribution is -2.22. The van der Waals surface area contributed by atoms with Gasteiger partial charge in [-0.25, -0.2) is 14.4 Å². The summed E-state index contributed by atoms with van der Waals surface area (Å²) in [5.41, 5.74) is 6.49. The molecule has 0 radical (unpaired) electrons. The van der Waals surface area contributed by atoms with Crippen molar-refractivity contribution in [2.24, 2.45) is 10.7 Å². The number of ketones is 1. The Morgan fingerprint density at radius 1 is 1.15 bits per heavy atom. The van der Waals surface area contributed by atoms with Crippen LogP contribution in [0.2, 0.25) is 5.02 Å². The fourth-order valence-corrected chi connectivity index (χ4v) is 2.33. The number of phenols is 1. The van der Waals surface area contributed by atoms with Gasteiger partial charge >= 0.3 is 0 Å². The molecule has 27 heavy (non-hydrogen) atoms. The quantitative estimate of drug-likeness (QED) is 0.361. The molecule has 0 aliphatic carbocycles. The molecule has 3 rings (SSSR count). The Kier molecular flexibility index (Phi) is 5.28. The average molecular weight is 386 g/mol. The topological polar surface area (TPSA) is 113 Å². The zero-order valence-corrected chi connectivity index (χ0v) is 14.5. The molecule has 3 aromatic rings. The molecule has 7 nitrogen and oxygen atoms in total. The lowest BCUT2D eigenvalue weighted by Gasteiger charge is -2.05. The van der Waals surface area contributed by atoms with Gasteiger partial charge in [0.25, 0.3) is 5.95 Å². The summed E-state index contributed by atoms with van der Waals surface area (Å²) in [7, 11) is 0. The summed E-state index contributed by atoms with van der Waals surface area (Å²) in [6, 6.07) is 9.71. The molecular formula is C18H13ClFN5O2. The summed E-state index contributed by atoms with van der Waals surface area (Å²) in [4.78, 5) is 24.3. The predicted molar refractivity (Wildman–Crippen MR) is 99.9 cm³/mol. The molecule has 0 unspecified atom stereocenters. The summed E-state index contributed by atoms with van der Waals surface area (Å²) in [5, 5.41) is 12.9. The Labute approximate surface area is 158 Å². The second kappa shape index (κ2) is 7.79. The van der Waals surface area contributed by atoms with Gasteiger partial charge in [-0.2, -0.15) is 4.99 Å². The highest BCUT2D eigenvalue weighted by Gasteiger charge is 2.15. The van der Waals surface area contributed by atoms with Crippen LogP contribution in [0.25, 0.3) is 0 Å². The number of benzene rings is 2. The van der Waals surface area contributed by atoms with Crippen LogP contribution in [0.15, 0.2) is 59.9 Å². The summed E-state index contributed by atoms with van der Waals surface area (Å²) in [6.07, 6.45) is 2.53. The van der Waals surface area contributed by atoms with Gasteiger partial charge < -0.3 is 16.2 Å². The Morgan fingerprint density at radius 3 is 2.48 bits per heavy atom. The number of halogens is 2. The molecule has 0 amide bonds. The standard InChI is InChI=1S/C18H13ClFN5O2/c19-11-1-6-15(26)14(7-11)16(27)10-8-22-18(23-9-10)25-17(21)24-13-4-2-12(20)3-5-13/h1-9,26H,(H3,21,22,23,24,25). The van der Waals surface area contributed by atoms with E-state index in [1.54, 1.807) is 0 Å². The number of carbonyl (C=O) groups is 1. The normalized spacial score (nSPS) is 11.3. The van der Waals surface area contributed by atoms with E-state index in [0.29, 0.717) is 10.7 Å². The molecular weight excluding hydrogens is 373 g/mol. The number of nitrogens with two attached hydrogens (primary N) is 1. The summed E-state index contributed by atoms with van der Waals surface area (Å²) < 4.78 is 12.9. The number of phenolic OH excluding ortho intramolecular Hbond substituents is 1. The van der Waals surface area contributed by atoms with Crippen molar-refractivity contribution >= 4 is 35.0 Å². The van der Waals surface area contributed by atoms with Crippen molar-refractivity contribution in [2.45, 2.75) is 0 Å². The van der Waals surface area contributed by atoms with Crippen molar-refractivity contribution in [3.8, 4) is 5.75 Å². The van der Waals surface area contributed by atoms with Gasteiger partial charge in [0.05, 0.1) is 11.1 Å². The van der Waals surface area contributed by atoms with Crippen LogP contribution in [0.5, 0.6) is 5.75 Å². The van der Waals surface area contributed by atoms with Crippen molar-refractivity contribution in [3.63, 3.8) is 0 Å². The van der Waals surface area contributed by atoms with Gasteiger partial charge in [0.15, 0.2) is 5.78 Å². The maximum absolute atomic E-state index is 12.9. The number of aromatic nitrogens is 2. The van der Waals surface area contributed by atoms with Crippen LogP contribution >= 0.6 is 11.6 Å². The average Bonchev–Trinajstić information content (AvgIpc) is 2.65. The number of nitrogens with one attached hydrogen (secondary N) is 1. The van der Waals surface area contributed by atoms with Crippen LogP contribution in [-0.4, -0.2) is 26.8 Å². The highest BCUT2D eigenvalue weighted by molar-refractivity contribution is 6.31. The van der Waals surface area contributed by atoms with Gasteiger partial charge in [-0.3, -0.25) is 4.79 Å². The van der Waals surface area contributed by atoms with Crippen molar-refractivity contribution in [1.82, 2.24) is 9.97 Å². The summed E-state index contributed by atoms with van der Waals surface area (Å²) in [5.74, 6) is -1.03. The van der Waals surface area contributed by atoms with E-state index < -0.39 is 5.78 Å². The molecule has 1 heterocycles. The van der Waals surface area contributed by atoms with Crippen LogP contribution in [-0.2, 0) is 0 Å². The number of rotatable bonds is 4. The fraction of sp³-hybridized carbons (Fsp3) is 0. The highest BCUT2D eigenvalue weighted by Crippen LogP contribution is 2.24. The maximum atomic E-state index is 12.9. The zero-order chi connectivity index (χ0) is 19.4. The van der Waals surface area contributed by atoms with E-state index in [0.717, 1.165) is 0 Å². The largest absolute Gasteiger partial charge is 0.507 e. The van der Waals surface area contributed by atoms with E-state index in [1.165, 1.54) is 54.9 Å². The zero-order valence-electron chi connectivity index (χ0n) is 13.7. The summed E-state index contributed by atoms with van der Waals surface area (Å²) >= 11 is 5.85. The van der Waals surface area contributed by atoms with Crippen LogP contribution in [0.3, 0.4) is 0 Å². The number of anilines is 1. The molecule has 0 spiro atoms. The smallest absolute Gasteiger partial charge is 0.252 e. The second-order valence-corrected chi connectivity index (χ2v) is 5.83. The molecule has 0 aliphatic heterocycles. The predicted octanol–water partition coefficient (Wildman–Crippen LogP) is 3.26. The SMILES string of the molecule is N/C(=N\c1ncc(C(=O)c2cc(Cl)ccc2O)cn1)Nc1ccc(F)cc1. The highest BCUT2D eigenvalue weighted by atomic mass is 35.5. The molecule has 0 saturated heterocycles. The Balaban J connectivity index is 1.75. The third-order valence-electron chi connectivity index (χ3n) is 3.44. The van der Waals surface area contributed by atoms with Gasteiger partial charge in [-0.1, -0.05) is 11.6 Å². The second-order valence-electron chi connectivity index (χ2n) is 5.39. The molecule has 0 atom stereocenters. The molecule has 9 heteroatoms. The molecule has 1 aromatic heterocycles. The van der Waals surface area contributed by atoms with Gasteiger partial charge in [-0.05, 0) is 42.5 Å². The van der Waals surface area contributed by atoms with E-state index >= 15 is 0 Å². The van der Waals surface area contributed by atoms with E-state index in [4.69, 9.17) is 17.3 Å². The molecule has 4 N–H and O–H groups in total. The first-order valence-corrected chi connectivity index (χ1v) is 8.02. The third kappa shape index (κ3) is 4.56. The third-order valence-corrected chi connectivity index (χ3v) is 3.68. The monoisotopic (exact) mass is 385 g/mol. The van der Waals surface area contributed by atoms with Crippen LogP contribution in [0.4, 0.5) is 16.0 Å². The first-order chi connectivity index (χ1) is 12.9. The van der Waals surface area contributed by atoms with Gasteiger partial charge in [0, 0.05) is 23.1 Å². The Bertz CT molecular complexity index is 1010. The maximum Gasteiger partial charge on any atom is 0.252 e. The van der Waals surface area contributed by atoms with E-state index in [1.807, 2.05) is 0 Å². The molecule has 0 saturated carbocycles. The number of nitrogens with zero attached hydrogens (tertiary/aromatic N) is 3. The number of hydrogen-bond acceptors (Lipinski definition) is 5. The van der Waals surface area contributed by atoms with Crippen LogP contribution in [0.1, 0.15) is 15.9 Å². The van der Waals surface area contributed by atoms with Gasteiger partial charge in [-0.15, -0.1) is 0 Å². The summed E-state index contributed by atoms with van der Waals surface area (Å²) in [6.45, 7) is 0. The Hall–Kier alpha value is -3.52. The van der Waals surface area contributed by atoms with Crippen molar-refractivity contribution in [3.05, 3.63) is 76.8 Å². The van der Waals surface area contributed by atoms with Crippen molar-refractivity contribution < 1.29 is 14.3 Å². The molecule has 0 fully saturated rings. The van der Waals surface area contributed by atoms with Crippen LogP contribution in [0, 0.1) is 5.82 Å². The number of hydrogen-bond donors (Lipinski definition) is 3. The minimum Gasteiger partial charge on any atom is -0.507 e. The van der Waals surface area contributed by atoms with Gasteiger partial charge in [0.1, 0.15) is 11.6 Å². The Morgan fingerprint density at radius 2 is 1.81 bits per heavy atom. The molecule has 0 aliphatic rings. The molecule has 0 bridgehead atoms. The van der Waals surface area contributed by atoms with Crippen molar-refractivity contribution in [1.29, 1.82) is 0 Å². The number of aliphatic imine (C=N–C) groups is 1. The minimum absolute atomic E-state index is 0.00632.